The molecule has 1 aromatic heterocycles. The molecule has 1 unspecified atom stereocenters. The van der Waals surface area contributed by atoms with E-state index in [0.717, 1.165) is 72.3 Å². The number of halogens is 1. The second-order valence-corrected chi connectivity index (χ2v) is 10.1. The van der Waals surface area contributed by atoms with Crippen molar-refractivity contribution in [3.63, 3.8) is 0 Å². The molecule has 3 heterocycles. The van der Waals surface area contributed by atoms with Crippen LogP contribution in [0.5, 0.6) is 11.5 Å². The maximum Gasteiger partial charge on any atom is 0.222 e. The molecule has 3 N–H and O–H groups in total. The lowest BCUT2D eigenvalue weighted by atomic mass is 9.71. The van der Waals surface area contributed by atoms with Crippen molar-refractivity contribution in [1.29, 1.82) is 0 Å². The van der Waals surface area contributed by atoms with Gasteiger partial charge in [0.15, 0.2) is 0 Å². The highest BCUT2D eigenvalue weighted by Crippen LogP contribution is 2.48. The molecule has 3 aliphatic rings. The predicted octanol–water partition coefficient (Wildman–Crippen LogP) is 3.53. The average molecular weight is 486 g/mol. The van der Waals surface area contributed by atoms with Gasteiger partial charge in [-0.15, -0.1) is 0 Å². The number of likely N-dealkylation sites (tertiary alicyclic amines) is 1. The number of nitrogens with zero attached hydrogens (tertiary/aromatic N) is 2. The zero-order valence-corrected chi connectivity index (χ0v) is 19.1. The first-order chi connectivity index (χ1) is 15.0. The molecule has 5 rings (SSSR count). The van der Waals surface area contributed by atoms with Crippen LogP contribution in [0.2, 0.25) is 0 Å². The minimum atomic E-state index is -0.0243. The number of hydrogen-bond donors (Lipinski definition) is 3. The van der Waals surface area contributed by atoms with Crippen molar-refractivity contribution < 1.29 is 15.0 Å². The van der Waals surface area contributed by atoms with Crippen molar-refractivity contribution in [3.05, 3.63) is 51.3 Å². The molecule has 0 radical (unpaired) electrons. The first-order valence-electron chi connectivity index (χ1n) is 11.2. The lowest BCUT2D eigenvalue weighted by Crippen LogP contribution is -2.41. The highest BCUT2D eigenvalue weighted by Gasteiger charge is 2.38. The van der Waals surface area contributed by atoms with Gasteiger partial charge in [0.25, 0.3) is 0 Å². The Labute approximate surface area is 190 Å². The van der Waals surface area contributed by atoms with Crippen LogP contribution in [0, 0.1) is 11.8 Å². The molecular formula is C24H28BrN3O3. The van der Waals surface area contributed by atoms with E-state index in [1.54, 1.807) is 6.07 Å². The van der Waals surface area contributed by atoms with Crippen molar-refractivity contribution in [3.8, 4) is 11.5 Å². The Bertz CT molecular complexity index is 998. The summed E-state index contributed by atoms with van der Waals surface area (Å²) in [4.78, 5) is 19.5. The van der Waals surface area contributed by atoms with Crippen molar-refractivity contribution in [2.75, 3.05) is 26.2 Å². The molecule has 7 heteroatoms. The molecule has 0 bridgehead atoms. The van der Waals surface area contributed by atoms with E-state index in [0.29, 0.717) is 24.7 Å². The van der Waals surface area contributed by atoms with E-state index in [1.165, 1.54) is 6.07 Å². The van der Waals surface area contributed by atoms with Crippen LogP contribution in [0.25, 0.3) is 0 Å². The predicted molar refractivity (Wildman–Crippen MR) is 121 cm³/mol. The van der Waals surface area contributed by atoms with Gasteiger partial charge in [-0.1, -0.05) is 0 Å². The molecule has 2 aromatic rings. The summed E-state index contributed by atoms with van der Waals surface area (Å²) in [5.41, 5.74) is 3.99. The summed E-state index contributed by atoms with van der Waals surface area (Å²) in [6.07, 6.45) is 5.96. The van der Waals surface area contributed by atoms with E-state index in [2.05, 4.69) is 27.3 Å². The molecule has 164 valence electrons. The van der Waals surface area contributed by atoms with Gasteiger partial charge >= 0.3 is 0 Å². The van der Waals surface area contributed by atoms with Crippen LogP contribution in [0.3, 0.4) is 0 Å². The van der Waals surface area contributed by atoms with Gasteiger partial charge in [0, 0.05) is 47.7 Å². The summed E-state index contributed by atoms with van der Waals surface area (Å²) in [7, 11) is 0. The summed E-state index contributed by atoms with van der Waals surface area (Å²) < 4.78 is 0.930. The summed E-state index contributed by atoms with van der Waals surface area (Å²) >= 11 is 3.52. The number of carbonyl (C=O) groups excluding carboxylic acids is 1. The smallest absolute Gasteiger partial charge is 0.222 e. The zero-order chi connectivity index (χ0) is 21.5. The second kappa shape index (κ2) is 8.43. The Morgan fingerprint density at radius 2 is 1.97 bits per heavy atom. The van der Waals surface area contributed by atoms with E-state index in [1.807, 2.05) is 11.1 Å². The van der Waals surface area contributed by atoms with E-state index in [-0.39, 0.29) is 23.3 Å². The number of piperidine rings is 1. The van der Waals surface area contributed by atoms with Gasteiger partial charge < -0.3 is 20.4 Å². The fourth-order valence-electron chi connectivity index (χ4n) is 5.65. The number of hydrogen-bond acceptors (Lipinski definition) is 5. The Morgan fingerprint density at radius 3 is 2.71 bits per heavy atom. The Kier molecular flexibility index (Phi) is 5.65. The first kappa shape index (κ1) is 20.8. The molecule has 1 aliphatic carbocycles. The molecule has 0 spiro atoms. The fourth-order valence-corrected chi connectivity index (χ4v) is 6.03. The maximum atomic E-state index is 12.8. The summed E-state index contributed by atoms with van der Waals surface area (Å²) in [5, 5.41) is 24.1. The number of pyridine rings is 1. The van der Waals surface area contributed by atoms with E-state index in [9.17, 15) is 15.0 Å². The van der Waals surface area contributed by atoms with Crippen LogP contribution in [-0.2, 0) is 11.2 Å². The van der Waals surface area contributed by atoms with Gasteiger partial charge in [-0.3, -0.25) is 9.78 Å². The number of phenols is 2. The third kappa shape index (κ3) is 4.05. The van der Waals surface area contributed by atoms with Crippen LogP contribution in [0.15, 0.2) is 28.9 Å². The number of amides is 1. The van der Waals surface area contributed by atoms with Gasteiger partial charge in [-0.05, 0) is 89.8 Å². The van der Waals surface area contributed by atoms with Gasteiger partial charge in [0.2, 0.25) is 5.91 Å². The molecule has 2 saturated heterocycles. The zero-order valence-electron chi connectivity index (χ0n) is 17.5. The Balaban J connectivity index is 1.38. The first-order valence-corrected chi connectivity index (χ1v) is 12.0. The third-order valence-electron chi connectivity index (χ3n) is 7.17. The van der Waals surface area contributed by atoms with Crippen LogP contribution >= 0.6 is 15.9 Å². The van der Waals surface area contributed by atoms with Crippen LogP contribution in [0.4, 0.5) is 0 Å². The van der Waals surface area contributed by atoms with Gasteiger partial charge in [-0.25, -0.2) is 0 Å². The highest BCUT2D eigenvalue weighted by atomic mass is 79.9. The van der Waals surface area contributed by atoms with Gasteiger partial charge in [0.05, 0.1) is 5.69 Å². The second-order valence-electron chi connectivity index (χ2n) is 9.17. The van der Waals surface area contributed by atoms with Gasteiger partial charge in [0.1, 0.15) is 11.5 Å². The lowest BCUT2D eigenvalue weighted by Gasteiger charge is -2.39. The normalized spacial score (nSPS) is 23.5. The molecule has 31 heavy (non-hydrogen) atoms. The fraction of sp³-hybridized carbons (Fsp3) is 0.500. The number of phenolic OH excluding ortho intramolecular Hbond substituents is 2. The van der Waals surface area contributed by atoms with E-state index in [4.69, 9.17) is 4.98 Å². The molecule has 2 fully saturated rings. The highest BCUT2D eigenvalue weighted by molar-refractivity contribution is 9.10. The van der Waals surface area contributed by atoms with Crippen molar-refractivity contribution in [1.82, 2.24) is 15.2 Å². The molecular weight excluding hydrogens is 458 g/mol. The van der Waals surface area contributed by atoms with Crippen LogP contribution < -0.4 is 5.32 Å². The molecule has 2 aliphatic heterocycles. The molecule has 2 atom stereocenters. The number of fused-ring (bicyclic) bond motifs is 2. The minimum absolute atomic E-state index is 0.0243. The third-order valence-corrected chi connectivity index (χ3v) is 7.61. The topological polar surface area (TPSA) is 85.7 Å². The number of nitrogens with one attached hydrogen (secondary N) is 1. The molecule has 0 saturated carbocycles. The Hall–Kier alpha value is -2.12. The number of aromatic nitrogens is 1. The molecule has 1 amide bonds. The quantitative estimate of drug-likeness (QED) is 0.618. The van der Waals surface area contributed by atoms with Crippen molar-refractivity contribution >= 4 is 21.8 Å². The minimum Gasteiger partial charge on any atom is -0.508 e. The molecule has 1 aromatic carbocycles. The number of carbonyl (C=O) groups is 1. The monoisotopic (exact) mass is 485 g/mol. The lowest BCUT2D eigenvalue weighted by molar-refractivity contribution is -0.133. The van der Waals surface area contributed by atoms with Gasteiger partial charge in [-0.2, -0.15) is 0 Å². The van der Waals surface area contributed by atoms with Crippen LogP contribution in [0.1, 0.15) is 54.0 Å². The summed E-state index contributed by atoms with van der Waals surface area (Å²) in [5.74, 6) is 1.23. The SMILES string of the molecule is O=C(C[C@H]1CCNC1)N1CCC(C2c3ncc(Br)cc3Cc3cc(O)cc(O)c32)CC1. The maximum absolute atomic E-state index is 12.8. The van der Waals surface area contributed by atoms with E-state index < -0.39 is 0 Å². The molecule has 6 nitrogen and oxygen atoms in total. The standard InChI is InChI=1S/C24H28BrN3O3/c25-18-9-17-8-16-10-19(29)11-20(30)22(16)23(24(17)27-13-18)15-2-5-28(6-3-15)21(31)7-14-1-4-26-12-14/h9-11,13-15,23,26,29-30H,1-8,12H2/t14-,23?/m1/s1. The summed E-state index contributed by atoms with van der Waals surface area (Å²) in [6.45, 7) is 3.47. The average Bonchev–Trinajstić information content (AvgIpc) is 3.25. The summed E-state index contributed by atoms with van der Waals surface area (Å²) in [6, 6.07) is 5.29. The number of aromatic hydroxyl groups is 2. The van der Waals surface area contributed by atoms with Crippen molar-refractivity contribution in [2.45, 2.75) is 38.0 Å². The van der Waals surface area contributed by atoms with Crippen LogP contribution in [-0.4, -0.2) is 52.2 Å². The number of rotatable bonds is 3. The Morgan fingerprint density at radius 1 is 1.16 bits per heavy atom. The largest absolute Gasteiger partial charge is 0.508 e. The number of benzene rings is 1. The van der Waals surface area contributed by atoms with E-state index >= 15 is 0 Å². The van der Waals surface area contributed by atoms with Crippen molar-refractivity contribution in [2.24, 2.45) is 11.8 Å².